The molecule has 0 saturated carbocycles. The lowest BCUT2D eigenvalue weighted by Crippen LogP contribution is -2.24. The molecule has 0 fully saturated rings. The zero-order valence-electron chi connectivity index (χ0n) is 11.6. The first-order chi connectivity index (χ1) is 7.89. The van der Waals surface area contributed by atoms with Gasteiger partial charge in [-0.25, -0.2) is 4.39 Å². The molecule has 0 heterocycles. The van der Waals surface area contributed by atoms with E-state index in [1.165, 1.54) is 0 Å². The Kier molecular flexibility index (Phi) is 5.48. The molecule has 0 saturated heterocycles. The summed E-state index contributed by atoms with van der Waals surface area (Å²) in [7, 11) is 0. The zero-order valence-corrected chi connectivity index (χ0v) is 12.3. The first-order valence-electron chi connectivity index (χ1n) is 5.69. The van der Waals surface area contributed by atoms with Crippen LogP contribution in [0.2, 0.25) is 0 Å². The van der Waals surface area contributed by atoms with Gasteiger partial charge in [0.25, 0.3) is 0 Å². The Balaban J connectivity index is 4.90. The number of hydrogen-bond acceptors (Lipinski definition) is 2. The Bertz CT molecular complexity index is 401. The molecule has 102 valence electrons. The van der Waals surface area contributed by atoms with Crippen molar-refractivity contribution < 1.29 is 14.0 Å². The molecule has 4 heteroatoms. The number of Topliss-reactive ketones (excluding diaryl/α,β-unsaturated/α-hetero) is 2. The van der Waals surface area contributed by atoms with Gasteiger partial charge in [-0.05, 0) is 12.5 Å². The van der Waals surface area contributed by atoms with Gasteiger partial charge < -0.3 is 0 Å². The SMILES string of the molecule is C=C(Cl)C(=O)C(C)(C)C/C=C(\F)C(=O)C(C)(C)C. The van der Waals surface area contributed by atoms with Crippen LogP contribution in [0.25, 0.3) is 0 Å². The van der Waals surface area contributed by atoms with Crippen LogP contribution in [0.5, 0.6) is 0 Å². The van der Waals surface area contributed by atoms with Crippen molar-refractivity contribution in [2.24, 2.45) is 10.8 Å². The molecule has 0 atom stereocenters. The van der Waals surface area contributed by atoms with Crippen molar-refractivity contribution in [1.82, 2.24) is 0 Å². The Morgan fingerprint density at radius 3 is 1.94 bits per heavy atom. The van der Waals surface area contributed by atoms with Gasteiger partial charge in [-0.3, -0.25) is 9.59 Å². The minimum Gasteiger partial charge on any atom is -0.293 e. The lowest BCUT2D eigenvalue weighted by molar-refractivity contribution is -0.124. The van der Waals surface area contributed by atoms with Crippen molar-refractivity contribution in [1.29, 1.82) is 0 Å². The van der Waals surface area contributed by atoms with Gasteiger partial charge in [0, 0.05) is 10.8 Å². The number of rotatable bonds is 5. The molecule has 18 heavy (non-hydrogen) atoms. The lowest BCUT2D eigenvalue weighted by atomic mass is 9.83. The Morgan fingerprint density at radius 2 is 1.61 bits per heavy atom. The number of carbonyl (C=O) groups excluding carboxylic acids is 2. The fraction of sp³-hybridized carbons (Fsp3) is 0.571. The molecule has 0 aliphatic carbocycles. The minimum atomic E-state index is -0.867. The highest BCUT2D eigenvalue weighted by molar-refractivity contribution is 6.42. The average Bonchev–Trinajstić information content (AvgIpc) is 2.22. The smallest absolute Gasteiger partial charge is 0.196 e. The average molecular weight is 275 g/mol. The standard InChI is InChI=1S/C14H20ClFO2/c1-9(15)11(17)14(5,6)8-7-10(16)12(18)13(2,3)4/h7H,1,8H2,2-6H3/b10-7-. The van der Waals surface area contributed by atoms with E-state index in [-0.39, 0.29) is 17.2 Å². The molecule has 0 spiro atoms. The van der Waals surface area contributed by atoms with Crippen LogP contribution in [0, 0.1) is 10.8 Å². The molecule has 0 aliphatic rings. The highest BCUT2D eigenvalue weighted by Crippen LogP contribution is 2.29. The molecule has 0 aromatic rings. The molecule has 0 amide bonds. The second-order valence-corrected chi connectivity index (χ2v) is 6.41. The summed E-state index contributed by atoms with van der Waals surface area (Å²) in [6, 6.07) is 0. The fourth-order valence-corrected chi connectivity index (χ4v) is 1.51. The van der Waals surface area contributed by atoms with Crippen molar-refractivity contribution in [3.63, 3.8) is 0 Å². The van der Waals surface area contributed by atoms with E-state index in [4.69, 9.17) is 11.6 Å². The van der Waals surface area contributed by atoms with Crippen molar-refractivity contribution in [3.05, 3.63) is 23.5 Å². The summed E-state index contributed by atoms with van der Waals surface area (Å²) in [4.78, 5) is 23.3. The number of hydrogen-bond donors (Lipinski definition) is 0. The minimum absolute atomic E-state index is 0.0871. The molecule has 0 aliphatic heterocycles. The van der Waals surface area contributed by atoms with Crippen molar-refractivity contribution >= 4 is 23.2 Å². The molecular formula is C14H20ClFO2. The maximum Gasteiger partial charge on any atom is 0.196 e. The van der Waals surface area contributed by atoms with E-state index >= 15 is 0 Å². The van der Waals surface area contributed by atoms with Crippen molar-refractivity contribution in [2.75, 3.05) is 0 Å². The van der Waals surface area contributed by atoms with Crippen LogP contribution in [0.1, 0.15) is 41.0 Å². The molecule has 0 radical (unpaired) electrons. The summed E-state index contributed by atoms with van der Waals surface area (Å²) in [5.74, 6) is -1.74. The van der Waals surface area contributed by atoms with Gasteiger partial charge in [0.1, 0.15) is 0 Å². The maximum atomic E-state index is 13.6. The Hall–Kier alpha value is -0.960. The second-order valence-electron chi connectivity index (χ2n) is 5.95. The van der Waals surface area contributed by atoms with E-state index in [1.54, 1.807) is 34.6 Å². The summed E-state index contributed by atoms with van der Waals surface area (Å²) in [5, 5.41) is -0.0871. The molecule has 0 N–H and O–H groups in total. The van der Waals surface area contributed by atoms with Crippen LogP contribution >= 0.6 is 11.6 Å². The summed E-state index contributed by atoms with van der Waals surface area (Å²) < 4.78 is 13.6. The van der Waals surface area contributed by atoms with Gasteiger partial charge >= 0.3 is 0 Å². The Morgan fingerprint density at radius 1 is 1.17 bits per heavy atom. The molecule has 2 nitrogen and oxygen atoms in total. The summed E-state index contributed by atoms with van der Waals surface area (Å²) >= 11 is 5.54. The van der Waals surface area contributed by atoms with Gasteiger partial charge in [0.2, 0.25) is 0 Å². The van der Waals surface area contributed by atoms with Crippen LogP contribution in [0.4, 0.5) is 4.39 Å². The van der Waals surface area contributed by atoms with E-state index in [0.717, 1.165) is 6.08 Å². The predicted molar refractivity (Wildman–Crippen MR) is 72.1 cm³/mol. The van der Waals surface area contributed by atoms with E-state index in [1.807, 2.05) is 0 Å². The van der Waals surface area contributed by atoms with Crippen LogP contribution in [0.15, 0.2) is 23.5 Å². The molecular weight excluding hydrogens is 255 g/mol. The van der Waals surface area contributed by atoms with Gasteiger partial charge in [0.05, 0.1) is 5.03 Å². The predicted octanol–water partition coefficient (Wildman–Crippen LogP) is 4.19. The highest BCUT2D eigenvalue weighted by Gasteiger charge is 2.30. The number of halogens is 2. The van der Waals surface area contributed by atoms with Crippen LogP contribution in [-0.2, 0) is 9.59 Å². The van der Waals surface area contributed by atoms with Gasteiger partial charge in [-0.2, -0.15) is 0 Å². The number of allylic oxidation sites excluding steroid dienone is 3. The van der Waals surface area contributed by atoms with Crippen molar-refractivity contribution in [3.8, 4) is 0 Å². The maximum absolute atomic E-state index is 13.6. The second kappa shape index (κ2) is 5.79. The summed E-state index contributed by atoms with van der Waals surface area (Å²) in [6.07, 6.45) is 1.25. The monoisotopic (exact) mass is 274 g/mol. The topological polar surface area (TPSA) is 34.1 Å². The first-order valence-corrected chi connectivity index (χ1v) is 6.07. The lowest BCUT2D eigenvalue weighted by Gasteiger charge is -2.21. The zero-order chi connectivity index (χ0) is 14.7. The summed E-state index contributed by atoms with van der Waals surface area (Å²) in [6.45, 7) is 11.5. The third-order valence-electron chi connectivity index (χ3n) is 2.55. The normalized spacial score (nSPS) is 13.4. The number of carbonyl (C=O) groups is 2. The molecule has 0 bridgehead atoms. The molecule has 0 aromatic carbocycles. The van der Waals surface area contributed by atoms with E-state index < -0.39 is 22.4 Å². The van der Waals surface area contributed by atoms with Crippen molar-refractivity contribution in [2.45, 2.75) is 41.0 Å². The van der Waals surface area contributed by atoms with Gasteiger partial charge in [0.15, 0.2) is 17.4 Å². The Labute approximate surface area is 113 Å². The largest absolute Gasteiger partial charge is 0.293 e. The highest BCUT2D eigenvalue weighted by atomic mass is 35.5. The quantitative estimate of drug-likeness (QED) is 0.705. The van der Waals surface area contributed by atoms with Crippen LogP contribution < -0.4 is 0 Å². The number of ketones is 2. The van der Waals surface area contributed by atoms with Gasteiger partial charge in [-0.15, -0.1) is 0 Å². The van der Waals surface area contributed by atoms with E-state index in [2.05, 4.69) is 6.58 Å². The molecule has 0 rings (SSSR count). The van der Waals surface area contributed by atoms with Gasteiger partial charge in [-0.1, -0.05) is 52.8 Å². The fourth-order valence-electron chi connectivity index (χ4n) is 1.26. The third-order valence-corrected chi connectivity index (χ3v) is 2.72. The summed E-state index contributed by atoms with van der Waals surface area (Å²) in [5.41, 5.74) is -1.64. The third kappa shape index (κ3) is 4.73. The van der Waals surface area contributed by atoms with E-state index in [9.17, 15) is 14.0 Å². The van der Waals surface area contributed by atoms with Crippen LogP contribution in [0.3, 0.4) is 0 Å². The van der Waals surface area contributed by atoms with E-state index in [0.29, 0.717) is 0 Å². The molecule has 0 unspecified atom stereocenters. The molecule has 0 aromatic heterocycles. The first kappa shape index (κ1) is 17.0. The van der Waals surface area contributed by atoms with Crippen LogP contribution in [-0.4, -0.2) is 11.6 Å².